The molecule has 0 aromatic rings. The van der Waals surface area contributed by atoms with Gasteiger partial charge in [0.25, 0.3) is 0 Å². The molecule has 0 aliphatic heterocycles. The fraction of sp³-hybridized carbons (Fsp3) is 1.00. The van der Waals surface area contributed by atoms with Crippen molar-refractivity contribution in [3.63, 3.8) is 0 Å². The van der Waals surface area contributed by atoms with Gasteiger partial charge in [-0.15, -0.1) is 0 Å². The van der Waals surface area contributed by atoms with Crippen molar-refractivity contribution in [2.75, 3.05) is 18.1 Å². The number of nitrogens with one attached hydrogen (secondary N) is 1. The standard InChI is InChI=1S/C12H25NS/c1-11(2)10-14-9-8-13-12-6-4-3-5-7-12/h11-13H,3-10H2,1-2H3. The molecule has 1 aliphatic carbocycles. The molecular formula is C12H25NS. The van der Waals surface area contributed by atoms with Gasteiger partial charge in [-0.3, -0.25) is 0 Å². The second kappa shape index (κ2) is 7.58. The maximum atomic E-state index is 3.67. The molecule has 0 unspecified atom stereocenters. The summed E-state index contributed by atoms with van der Waals surface area (Å²) in [4.78, 5) is 0. The zero-order chi connectivity index (χ0) is 10.2. The van der Waals surface area contributed by atoms with Crippen LogP contribution in [0.3, 0.4) is 0 Å². The van der Waals surface area contributed by atoms with E-state index in [9.17, 15) is 0 Å². The Morgan fingerprint density at radius 1 is 1.21 bits per heavy atom. The van der Waals surface area contributed by atoms with Gasteiger partial charge in [-0.2, -0.15) is 11.8 Å². The first-order valence-corrected chi connectivity index (χ1v) is 7.25. The SMILES string of the molecule is CC(C)CSCCNC1CCCCC1. The second-order valence-corrected chi connectivity index (χ2v) is 5.91. The van der Waals surface area contributed by atoms with Crippen LogP contribution in [0.15, 0.2) is 0 Å². The molecule has 1 rings (SSSR count). The van der Waals surface area contributed by atoms with Gasteiger partial charge in [-0.05, 0) is 24.5 Å². The third kappa shape index (κ3) is 5.92. The van der Waals surface area contributed by atoms with Crippen molar-refractivity contribution in [1.82, 2.24) is 5.32 Å². The minimum atomic E-state index is 0.836. The molecule has 1 nitrogen and oxygen atoms in total. The summed E-state index contributed by atoms with van der Waals surface area (Å²) < 4.78 is 0. The summed E-state index contributed by atoms with van der Waals surface area (Å²) in [7, 11) is 0. The van der Waals surface area contributed by atoms with Crippen LogP contribution in [0.25, 0.3) is 0 Å². The van der Waals surface area contributed by atoms with E-state index in [4.69, 9.17) is 0 Å². The van der Waals surface area contributed by atoms with Gasteiger partial charge in [0.2, 0.25) is 0 Å². The molecule has 0 atom stereocenters. The van der Waals surface area contributed by atoms with Crippen molar-refractivity contribution < 1.29 is 0 Å². The lowest BCUT2D eigenvalue weighted by Crippen LogP contribution is -2.32. The molecular weight excluding hydrogens is 190 g/mol. The van der Waals surface area contributed by atoms with Gasteiger partial charge >= 0.3 is 0 Å². The molecule has 0 amide bonds. The summed E-state index contributed by atoms with van der Waals surface area (Å²) in [6, 6.07) is 0.836. The summed E-state index contributed by atoms with van der Waals surface area (Å²) in [5.41, 5.74) is 0. The summed E-state index contributed by atoms with van der Waals surface area (Å²) in [6.07, 6.45) is 7.16. The van der Waals surface area contributed by atoms with Crippen LogP contribution >= 0.6 is 11.8 Å². The van der Waals surface area contributed by atoms with Crippen LogP contribution in [-0.2, 0) is 0 Å². The van der Waals surface area contributed by atoms with Gasteiger partial charge in [0, 0.05) is 18.3 Å². The first kappa shape index (κ1) is 12.4. The monoisotopic (exact) mass is 215 g/mol. The molecule has 0 radical (unpaired) electrons. The lowest BCUT2D eigenvalue weighted by atomic mass is 9.96. The first-order valence-electron chi connectivity index (χ1n) is 6.10. The molecule has 0 heterocycles. The predicted molar refractivity (Wildman–Crippen MR) is 67.0 cm³/mol. The van der Waals surface area contributed by atoms with Crippen LogP contribution in [-0.4, -0.2) is 24.1 Å². The van der Waals surface area contributed by atoms with Gasteiger partial charge in [0.1, 0.15) is 0 Å². The zero-order valence-electron chi connectivity index (χ0n) is 9.72. The minimum Gasteiger partial charge on any atom is -0.313 e. The Balaban J connectivity index is 1.87. The van der Waals surface area contributed by atoms with Gasteiger partial charge in [0.15, 0.2) is 0 Å². The van der Waals surface area contributed by atoms with Crippen LogP contribution in [0, 0.1) is 5.92 Å². The van der Waals surface area contributed by atoms with Crippen LogP contribution in [0.5, 0.6) is 0 Å². The van der Waals surface area contributed by atoms with Gasteiger partial charge in [-0.25, -0.2) is 0 Å². The molecule has 0 aromatic carbocycles. The third-order valence-electron chi connectivity index (χ3n) is 2.74. The van der Waals surface area contributed by atoms with Crippen molar-refractivity contribution in [3.8, 4) is 0 Å². The summed E-state index contributed by atoms with van der Waals surface area (Å²) >= 11 is 2.09. The number of thioether (sulfide) groups is 1. The van der Waals surface area contributed by atoms with Crippen molar-refractivity contribution in [3.05, 3.63) is 0 Å². The number of rotatable bonds is 6. The maximum Gasteiger partial charge on any atom is 0.00673 e. The average molecular weight is 215 g/mol. The number of hydrogen-bond acceptors (Lipinski definition) is 2. The molecule has 84 valence electrons. The second-order valence-electron chi connectivity index (χ2n) is 4.76. The Bertz CT molecular complexity index is 130. The molecule has 0 bridgehead atoms. The van der Waals surface area contributed by atoms with Crippen LogP contribution in [0.2, 0.25) is 0 Å². The zero-order valence-corrected chi connectivity index (χ0v) is 10.5. The summed E-state index contributed by atoms with van der Waals surface area (Å²) in [6.45, 7) is 5.80. The van der Waals surface area contributed by atoms with Crippen molar-refractivity contribution in [1.29, 1.82) is 0 Å². The van der Waals surface area contributed by atoms with Crippen molar-refractivity contribution in [2.45, 2.75) is 52.0 Å². The van der Waals surface area contributed by atoms with E-state index in [1.54, 1.807) is 0 Å². The fourth-order valence-corrected chi connectivity index (χ4v) is 2.86. The Morgan fingerprint density at radius 2 is 1.93 bits per heavy atom. The molecule has 1 fully saturated rings. The van der Waals surface area contributed by atoms with Crippen LogP contribution in [0.4, 0.5) is 0 Å². The Morgan fingerprint density at radius 3 is 2.57 bits per heavy atom. The number of hydrogen-bond donors (Lipinski definition) is 1. The lowest BCUT2D eigenvalue weighted by Gasteiger charge is -2.22. The molecule has 1 aliphatic rings. The smallest absolute Gasteiger partial charge is 0.00673 e. The first-order chi connectivity index (χ1) is 6.79. The van der Waals surface area contributed by atoms with Gasteiger partial charge in [-0.1, -0.05) is 33.1 Å². The fourth-order valence-electron chi connectivity index (χ4n) is 1.96. The highest BCUT2D eigenvalue weighted by atomic mass is 32.2. The maximum absolute atomic E-state index is 3.67. The van der Waals surface area contributed by atoms with Crippen LogP contribution < -0.4 is 5.32 Å². The van der Waals surface area contributed by atoms with E-state index in [1.165, 1.54) is 50.2 Å². The van der Waals surface area contributed by atoms with E-state index >= 15 is 0 Å². The molecule has 0 spiro atoms. The van der Waals surface area contributed by atoms with Gasteiger partial charge in [0.05, 0.1) is 0 Å². The van der Waals surface area contributed by atoms with E-state index in [-0.39, 0.29) is 0 Å². The Labute approximate surface area is 93.4 Å². The molecule has 14 heavy (non-hydrogen) atoms. The molecule has 0 saturated heterocycles. The molecule has 1 N–H and O–H groups in total. The van der Waals surface area contributed by atoms with E-state index in [1.807, 2.05) is 0 Å². The van der Waals surface area contributed by atoms with E-state index in [0.29, 0.717) is 0 Å². The van der Waals surface area contributed by atoms with E-state index in [2.05, 4.69) is 30.9 Å². The molecule has 2 heteroatoms. The van der Waals surface area contributed by atoms with Crippen molar-refractivity contribution in [2.24, 2.45) is 5.92 Å². The minimum absolute atomic E-state index is 0.836. The Kier molecular flexibility index (Phi) is 6.70. The van der Waals surface area contributed by atoms with E-state index < -0.39 is 0 Å². The van der Waals surface area contributed by atoms with Crippen molar-refractivity contribution >= 4 is 11.8 Å². The lowest BCUT2D eigenvalue weighted by molar-refractivity contribution is 0.381. The predicted octanol–water partition coefficient (Wildman–Crippen LogP) is 3.30. The van der Waals surface area contributed by atoms with Gasteiger partial charge < -0.3 is 5.32 Å². The summed E-state index contributed by atoms with van der Waals surface area (Å²) in [5.74, 6) is 3.44. The highest BCUT2D eigenvalue weighted by Gasteiger charge is 2.11. The average Bonchev–Trinajstić information content (AvgIpc) is 2.18. The Hall–Kier alpha value is 0.310. The highest BCUT2D eigenvalue weighted by molar-refractivity contribution is 7.99. The quantitative estimate of drug-likeness (QED) is 0.682. The topological polar surface area (TPSA) is 12.0 Å². The largest absolute Gasteiger partial charge is 0.313 e. The molecule has 0 aromatic heterocycles. The van der Waals surface area contributed by atoms with Crippen LogP contribution in [0.1, 0.15) is 46.0 Å². The summed E-state index contributed by atoms with van der Waals surface area (Å²) in [5, 5.41) is 3.67. The highest BCUT2D eigenvalue weighted by Crippen LogP contribution is 2.17. The third-order valence-corrected chi connectivity index (χ3v) is 4.13. The molecule has 1 saturated carbocycles. The van der Waals surface area contributed by atoms with E-state index in [0.717, 1.165) is 12.0 Å². The normalized spacial score (nSPS) is 19.1.